The number of fused-ring (bicyclic) bond motifs is 5. The summed E-state index contributed by atoms with van der Waals surface area (Å²) in [6.07, 6.45) is -1.11. The number of nitrogens with zero attached hydrogens (tertiary/aromatic N) is 1. The Kier molecular flexibility index (Phi) is 6.21. The lowest BCUT2D eigenvalue weighted by atomic mass is 9.98. The lowest BCUT2D eigenvalue weighted by molar-refractivity contribution is 0.0724. The molecule has 1 aromatic heterocycles. The van der Waals surface area contributed by atoms with Crippen LogP contribution in [0.2, 0.25) is 0 Å². The first-order valence-electron chi connectivity index (χ1n) is 9.26. The maximum Gasteiger partial charge on any atom is 0.271 e. The van der Waals surface area contributed by atoms with Gasteiger partial charge in [0.2, 0.25) is 0 Å². The minimum absolute atomic E-state index is 0. The Bertz CT molecular complexity index is 1040. The fraction of sp³-hybridized carbons (Fsp3) is 0.286. The fourth-order valence-corrected chi connectivity index (χ4v) is 3.87. The zero-order chi connectivity index (χ0) is 19.8. The molecule has 0 aliphatic carbocycles. The Morgan fingerprint density at radius 3 is 2.72 bits per heavy atom. The van der Waals surface area contributed by atoms with Crippen molar-refractivity contribution in [1.29, 1.82) is 0 Å². The van der Waals surface area contributed by atoms with Crippen molar-refractivity contribution >= 4 is 29.2 Å². The number of nitrogens with two attached hydrogens (primary N) is 2. The monoisotopic (exact) mass is 420 g/mol. The summed E-state index contributed by atoms with van der Waals surface area (Å²) in [5, 5.41) is 0.661. The summed E-state index contributed by atoms with van der Waals surface area (Å²) in [4.78, 5) is 18.0. The molecule has 29 heavy (non-hydrogen) atoms. The van der Waals surface area contributed by atoms with Gasteiger partial charge in [0.1, 0.15) is 17.7 Å². The Morgan fingerprint density at radius 1 is 1.21 bits per heavy atom. The maximum absolute atomic E-state index is 13.9. The van der Waals surface area contributed by atoms with E-state index in [9.17, 15) is 13.6 Å². The Morgan fingerprint density at radius 2 is 1.97 bits per heavy atom. The highest BCUT2D eigenvalue weighted by atomic mass is 35.5. The van der Waals surface area contributed by atoms with E-state index in [4.69, 9.17) is 11.5 Å². The molecular formula is C21H23ClF2N4O. The molecular weight excluding hydrogens is 398 g/mol. The molecule has 0 radical (unpaired) electrons. The van der Waals surface area contributed by atoms with Gasteiger partial charge in [-0.2, -0.15) is 0 Å². The van der Waals surface area contributed by atoms with Gasteiger partial charge >= 0.3 is 0 Å². The van der Waals surface area contributed by atoms with Gasteiger partial charge in [-0.1, -0.05) is 24.3 Å². The number of amides is 1. The second-order valence-corrected chi connectivity index (χ2v) is 7.24. The molecule has 5 nitrogen and oxygen atoms in total. The van der Waals surface area contributed by atoms with Crippen LogP contribution >= 0.6 is 12.4 Å². The number of alkyl halides is 1. The fourth-order valence-electron chi connectivity index (χ4n) is 3.87. The van der Waals surface area contributed by atoms with E-state index in [1.54, 1.807) is 11.0 Å². The number of aromatic nitrogens is 1. The average Bonchev–Trinajstić information content (AvgIpc) is 3.00. The van der Waals surface area contributed by atoms with Gasteiger partial charge in [-0.05, 0) is 35.7 Å². The molecule has 2 atom stereocenters. The van der Waals surface area contributed by atoms with Gasteiger partial charge < -0.3 is 21.4 Å². The van der Waals surface area contributed by atoms with Crippen molar-refractivity contribution in [3.05, 3.63) is 59.5 Å². The SMILES string of the molecule is Cl.NC[C@H](F)C[C@H](N)CN1Cc2ccccc2-c2c([nH]c3ccc(F)cc23)C1=O. The summed E-state index contributed by atoms with van der Waals surface area (Å²) >= 11 is 0. The van der Waals surface area contributed by atoms with Crippen LogP contribution in [-0.4, -0.2) is 41.1 Å². The molecule has 0 saturated carbocycles. The number of carbonyl (C=O) groups is 1. The number of aromatic amines is 1. The summed E-state index contributed by atoms with van der Waals surface area (Å²) in [5.74, 6) is -0.598. The highest BCUT2D eigenvalue weighted by Crippen LogP contribution is 2.38. The first kappa shape index (κ1) is 21.2. The predicted molar refractivity (Wildman–Crippen MR) is 112 cm³/mol. The molecule has 2 heterocycles. The molecule has 0 unspecified atom stereocenters. The van der Waals surface area contributed by atoms with Crippen molar-refractivity contribution in [3.8, 4) is 11.1 Å². The quantitative estimate of drug-likeness (QED) is 0.591. The van der Waals surface area contributed by atoms with Gasteiger partial charge in [-0.3, -0.25) is 4.79 Å². The van der Waals surface area contributed by atoms with E-state index >= 15 is 0 Å². The zero-order valence-corrected chi connectivity index (χ0v) is 16.5. The van der Waals surface area contributed by atoms with Gasteiger partial charge in [-0.15, -0.1) is 12.4 Å². The van der Waals surface area contributed by atoms with E-state index < -0.39 is 12.2 Å². The van der Waals surface area contributed by atoms with E-state index in [0.29, 0.717) is 28.7 Å². The molecule has 2 aromatic carbocycles. The summed E-state index contributed by atoms with van der Waals surface area (Å²) in [5.41, 5.74) is 15.0. The molecule has 4 rings (SSSR count). The van der Waals surface area contributed by atoms with Crippen molar-refractivity contribution in [2.75, 3.05) is 13.1 Å². The van der Waals surface area contributed by atoms with Crippen LogP contribution in [0, 0.1) is 5.82 Å². The Hall–Kier alpha value is -2.48. The van der Waals surface area contributed by atoms with E-state index in [-0.39, 0.29) is 43.6 Å². The first-order chi connectivity index (χ1) is 13.5. The molecule has 3 aromatic rings. The summed E-state index contributed by atoms with van der Waals surface area (Å²) in [6.45, 7) is 0.459. The standard InChI is InChI=1S/C21H22F2N4O.ClH/c22-13-5-6-18-17(8-13)19-16-4-2-1-3-12(16)10-27(21(28)20(19)26-18)11-15(25)7-14(23)9-24;/h1-6,8,14-15,26H,7,9-11,24-25H2;1H/t14-,15+;/m1./s1. The summed E-state index contributed by atoms with van der Waals surface area (Å²) in [7, 11) is 0. The number of rotatable bonds is 5. The maximum atomic E-state index is 13.9. The number of benzene rings is 2. The third kappa shape index (κ3) is 3.99. The van der Waals surface area contributed by atoms with Crippen LogP contribution in [-0.2, 0) is 6.54 Å². The average molecular weight is 421 g/mol. The number of carbonyl (C=O) groups excluding carboxylic acids is 1. The number of nitrogens with one attached hydrogen (secondary N) is 1. The molecule has 0 bridgehead atoms. The molecule has 0 spiro atoms. The van der Waals surface area contributed by atoms with Gasteiger partial charge in [0.15, 0.2) is 0 Å². The zero-order valence-electron chi connectivity index (χ0n) is 15.7. The summed E-state index contributed by atoms with van der Waals surface area (Å²) < 4.78 is 27.5. The summed E-state index contributed by atoms with van der Waals surface area (Å²) in [6, 6.07) is 11.5. The van der Waals surface area contributed by atoms with Gasteiger partial charge in [-0.25, -0.2) is 8.78 Å². The van der Waals surface area contributed by atoms with Crippen LogP contribution in [0.5, 0.6) is 0 Å². The predicted octanol–water partition coefficient (Wildman–Crippen LogP) is 3.37. The van der Waals surface area contributed by atoms with Crippen molar-refractivity contribution in [2.24, 2.45) is 11.5 Å². The smallest absolute Gasteiger partial charge is 0.271 e. The van der Waals surface area contributed by atoms with Gasteiger partial charge in [0, 0.05) is 42.1 Å². The van der Waals surface area contributed by atoms with Crippen LogP contribution in [0.3, 0.4) is 0 Å². The molecule has 5 N–H and O–H groups in total. The minimum atomic E-state index is -1.20. The lowest BCUT2D eigenvalue weighted by Gasteiger charge is -2.25. The Labute approximate surface area is 173 Å². The van der Waals surface area contributed by atoms with Crippen LogP contribution in [0.1, 0.15) is 22.5 Å². The van der Waals surface area contributed by atoms with E-state index in [1.807, 2.05) is 24.3 Å². The van der Waals surface area contributed by atoms with Crippen LogP contribution < -0.4 is 11.5 Å². The number of hydrogen-bond donors (Lipinski definition) is 3. The minimum Gasteiger partial charge on any atom is -0.350 e. The second kappa shape index (κ2) is 8.49. The Balaban J connectivity index is 0.00000240. The molecule has 1 aliphatic rings. The van der Waals surface area contributed by atoms with Gasteiger partial charge in [0.05, 0.1) is 0 Å². The molecule has 0 saturated heterocycles. The van der Waals surface area contributed by atoms with Crippen molar-refractivity contribution in [3.63, 3.8) is 0 Å². The number of halogens is 3. The highest BCUT2D eigenvalue weighted by molar-refractivity contribution is 6.11. The van der Waals surface area contributed by atoms with Crippen LogP contribution in [0.4, 0.5) is 8.78 Å². The van der Waals surface area contributed by atoms with Gasteiger partial charge in [0.25, 0.3) is 5.91 Å². The van der Waals surface area contributed by atoms with Crippen LogP contribution in [0.25, 0.3) is 22.0 Å². The third-order valence-electron chi connectivity index (χ3n) is 5.18. The molecule has 154 valence electrons. The van der Waals surface area contributed by atoms with Crippen LogP contribution in [0.15, 0.2) is 42.5 Å². The molecule has 1 aliphatic heterocycles. The highest BCUT2D eigenvalue weighted by Gasteiger charge is 2.30. The normalized spacial score (nSPS) is 15.3. The van der Waals surface area contributed by atoms with Crippen molar-refractivity contribution < 1.29 is 13.6 Å². The molecule has 1 amide bonds. The van der Waals surface area contributed by atoms with E-state index in [2.05, 4.69) is 4.98 Å². The second-order valence-electron chi connectivity index (χ2n) is 7.24. The first-order valence-corrected chi connectivity index (χ1v) is 9.26. The largest absolute Gasteiger partial charge is 0.350 e. The van der Waals surface area contributed by atoms with Crippen molar-refractivity contribution in [2.45, 2.75) is 25.2 Å². The molecule has 8 heteroatoms. The van der Waals surface area contributed by atoms with Crippen molar-refractivity contribution in [1.82, 2.24) is 9.88 Å². The van der Waals surface area contributed by atoms with E-state index in [0.717, 1.165) is 11.1 Å². The number of hydrogen-bond acceptors (Lipinski definition) is 3. The number of H-pyrrole nitrogens is 1. The lowest BCUT2D eigenvalue weighted by Crippen LogP contribution is -2.42. The third-order valence-corrected chi connectivity index (χ3v) is 5.18. The molecule has 0 fully saturated rings. The van der Waals surface area contributed by atoms with E-state index in [1.165, 1.54) is 12.1 Å². The topological polar surface area (TPSA) is 88.1 Å².